The zero-order valence-corrected chi connectivity index (χ0v) is 10.3. The van der Waals surface area contributed by atoms with Crippen molar-refractivity contribution in [2.24, 2.45) is 0 Å². The second-order valence-corrected chi connectivity index (χ2v) is 4.53. The molecular formula is C8H8IN3S. The van der Waals surface area contributed by atoms with Gasteiger partial charge in [0.25, 0.3) is 0 Å². The topological polar surface area (TPSA) is 30.7 Å². The maximum absolute atomic E-state index is 4.26. The molecule has 0 radical (unpaired) electrons. The van der Waals surface area contributed by atoms with Crippen LogP contribution in [0.3, 0.4) is 0 Å². The van der Waals surface area contributed by atoms with E-state index in [0.717, 1.165) is 16.7 Å². The molecule has 0 atom stereocenters. The number of fused-ring (bicyclic) bond motifs is 1. The normalized spacial score (nSPS) is 11.0. The number of hydrogen-bond acceptors (Lipinski definition) is 3. The Morgan fingerprint density at radius 2 is 2.15 bits per heavy atom. The van der Waals surface area contributed by atoms with Crippen LogP contribution in [-0.4, -0.2) is 13.9 Å². The van der Waals surface area contributed by atoms with E-state index in [1.807, 2.05) is 6.92 Å². The number of nitrogens with zero attached hydrogens (tertiary/aromatic N) is 3. The average molecular weight is 305 g/mol. The number of hydrogen-bond donors (Lipinski definition) is 0. The van der Waals surface area contributed by atoms with Crippen molar-refractivity contribution in [3.63, 3.8) is 0 Å². The molecule has 3 nitrogen and oxygen atoms in total. The van der Waals surface area contributed by atoms with Gasteiger partial charge in [0, 0.05) is 41.4 Å². The van der Waals surface area contributed by atoms with Gasteiger partial charge in [-0.15, -0.1) is 0 Å². The average Bonchev–Trinajstić information content (AvgIpc) is 2.43. The van der Waals surface area contributed by atoms with Gasteiger partial charge >= 0.3 is 0 Å². The van der Waals surface area contributed by atoms with Crippen LogP contribution in [0.5, 0.6) is 0 Å². The van der Waals surface area contributed by atoms with E-state index in [-0.39, 0.29) is 0 Å². The van der Waals surface area contributed by atoms with Crippen molar-refractivity contribution in [2.75, 3.05) is 0 Å². The molecule has 2 rings (SSSR count). The Balaban J connectivity index is 2.86. The molecular weight excluding hydrogens is 297 g/mol. The van der Waals surface area contributed by atoms with Gasteiger partial charge in [0.15, 0.2) is 5.65 Å². The van der Waals surface area contributed by atoms with Crippen molar-refractivity contribution in [3.8, 4) is 0 Å². The van der Waals surface area contributed by atoms with Crippen molar-refractivity contribution in [1.82, 2.24) is 13.9 Å². The molecule has 5 heteroatoms. The lowest BCUT2D eigenvalue weighted by atomic mass is 10.3. The molecule has 0 N–H and O–H groups in total. The third-order valence-electron chi connectivity index (χ3n) is 2.00. The molecule has 0 spiro atoms. The van der Waals surface area contributed by atoms with Gasteiger partial charge in [-0.1, -0.05) is 0 Å². The largest absolute Gasteiger partial charge is 0.263 e. The zero-order chi connectivity index (χ0) is 9.42. The zero-order valence-electron chi connectivity index (χ0n) is 7.28. The monoisotopic (exact) mass is 305 g/mol. The molecule has 0 amide bonds. The maximum Gasteiger partial charge on any atom is 0.154 e. The van der Waals surface area contributed by atoms with E-state index >= 15 is 0 Å². The lowest BCUT2D eigenvalue weighted by molar-refractivity contribution is 1.12. The van der Waals surface area contributed by atoms with Crippen LogP contribution in [0.1, 0.15) is 11.4 Å². The molecule has 0 saturated heterocycles. The van der Waals surface area contributed by atoms with Crippen LogP contribution in [0.15, 0.2) is 12.4 Å². The van der Waals surface area contributed by atoms with Gasteiger partial charge in [-0.3, -0.25) is 3.97 Å². The Kier molecular flexibility index (Phi) is 2.46. The number of halogens is 1. The molecule has 0 aliphatic carbocycles. The molecule has 0 aliphatic heterocycles. The maximum atomic E-state index is 4.26. The van der Waals surface area contributed by atoms with Crippen molar-refractivity contribution in [1.29, 1.82) is 0 Å². The minimum atomic E-state index is 1.00. The van der Waals surface area contributed by atoms with Crippen molar-refractivity contribution in [3.05, 3.63) is 23.8 Å². The van der Waals surface area contributed by atoms with Gasteiger partial charge < -0.3 is 0 Å². The molecule has 68 valence electrons. The molecule has 0 unspecified atom stereocenters. The molecule has 0 saturated carbocycles. The van der Waals surface area contributed by atoms with E-state index in [9.17, 15) is 0 Å². The fourth-order valence-corrected chi connectivity index (χ4v) is 3.19. The van der Waals surface area contributed by atoms with Crippen LogP contribution < -0.4 is 0 Å². The Labute approximate surface area is 92.7 Å². The summed E-state index contributed by atoms with van der Waals surface area (Å²) >= 11 is 2.25. The van der Waals surface area contributed by atoms with Gasteiger partial charge in [-0.25, -0.2) is 9.97 Å². The fourth-order valence-electron chi connectivity index (χ4n) is 1.32. The SMILES string of the molecule is Cc1ncnc2c1cc(C)n2SI. The van der Waals surface area contributed by atoms with Crippen LogP contribution in [0, 0.1) is 13.8 Å². The van der Waals surface area contributed by atoms with E-state index < -0.39 is 0 Å². The van der Waals surface area contributed by atoms with Crippen LogP contribution in [-0.2, 0) is 0 Å². The first-order valence-corrected chi connectivity index (χ1v) is 7.14. The van der Waals surface area contributed by atoms with Crippen molar-refractivity contribution in [2.45, 2.75) is 13.8 Å². The lowest BCUT2D eigenvalue weighted by Crippen LogP contribution is -1.89. The number of aromatic nitrogens is 3. The molecule has 2 aromatic heterocycles. The summed E-state index contributed by atoms with van der Waals surface area (Å²) in [5.74, 6) is 0. The summed E-state index contributed by atoms with van der Waals surface area (Å²) in [5, 5.41) is 1.14. The second-order valence-electron chi connectivity index (χ2n) is 2.85. The van der Waals surface area contributed by atoms with E-state index in [0.29, 0.717) is 0 Å². The highest BCUT2D eigenvalue weighted by Gasteiger charge is 2.08. The van der Waals surface area contributed by atoms with E-state index in [1.54, 1.807) is 15.4 Å². The third kappa shape index (κ3) is 1.43. The predicted octanol–water partition coefficient (Wildman–Crippen LogP) is 2.89. The smallest absolute Gasteiger partial charge is 0.154 e. The van der Waals surface area contributed by atoms with Gasteiger partial charge in [-0.05, 0) is 19.9 Å². The summed E-state index contributed by atoms with van der Waals surface area (Å²) in [6.45, 7) is 4.08. The van der Waals surface area contributed by atoms with E-state index in [2.05, 4.69) is 48.1 Å². The first-order chi connectivity index (χ1) is 6.24. The molecule has 0 aromatic carbocycles. The van der Waals surface area contributed by atoms with Gasteiger partial charge in [0.1, 0.15) is 6.33 Å². The highest BCUT2D eigenvalue weighted by Crippen LogP contribution is 2.27. The highest BCUT2D eigenvalue weighted by atomic mass is 127. The van der Waals surface area contributed by atoms with Crippen LogP contribution >= 0.6 is 30.3 Å². The molecule has 2 aromatic rings. The molecule has 0 fully saturated rings. The van der Waals surface area contributed by atoms with Gasteiger partial charge in [0.2, 0.25) is 0 Å². The minimum Gasteiger partial charge on any atom is -0.263 e. The second kappa shape index (κ2) is 3.45. The molecule has 13 heavy (non-hydrogen) atoms. The molecule has 2 heterocycles. The van der Waals surface area contributed by atoms with Gasteiger partial charge in [0.05, 0.1) is 5.69 Å². The van der Waals surface area contributed by atoms with Crippen LogP contribution in [0.25, 0.3) is 11.0 Å². The standard InChI is InChI=1S/C8H8IN3S/c1-5-3-7-6(2)10-4-11-8(7)12(5)13-9/h3-4H,1-2H3. The Hall–Kier alpha value is -0.300. The number of rotatable bonds is 1. The van der Waals surface area contributed by atoms with Crippen LogP contribution in [0.2, 0.25) is 0 Å². The van der Waals surface area contributed by atoms with Gasteiger partial charge in [-0.2, -0.15) is 0 Å². The minimum absolute atomic E-state index is 1.00. The Bertz CT molecular complexity index is 452. The van der Waals surface area contributed by atoms with Crippen molar-refractivity contribution >= 4 is 41.4 Å². The molecule has 0 bridgehead atoms. The van der Waals surface area contributed by atoms with Crippen LogP contribution in [0.4, 0.5) is 0 Å². The first-order valence-electron chi connectivity index (χ1n) is 3.83. The fraction of sp³-hybridized carbons (Fsp3) is 0.250. The number of aryl methyl sites for hydroxylation is 2. The van der Waals surface area contributed by atoms with E-state index in [4.69, 9.17) is 0 Å². The van der Waals surface area contributed by atoms with E-state index in [1.165, 1.54) is 5.69 Å². The predicted molar refractivity (Wildman–Crippen MR) is 64.0 cm³/mol. The summed E-state index contributed by atoms with van der Waals surface area (Å²) in [4.78, 5) is 8.42. The summed E-state index contributed by atoms with van der Waals surface area (Å²) in [5.41, 5.74) is 3.25. The summed E-state index contributed by atoms with van der Waals surface area (Å²) in [7, 11) is 1.64. The summed E-state index contributed by atoms with van der Waals surface area (Å²) in [6.07, 6.45) is 1.61. The third-order valence-corrected chi connectivity index (χ3v) is 3.78. The highest BCUT2D eigenvalue weighted by molar-refractivity contribution is 14.2. The Morgan fingerprint density at radius 3 is 2.85 bits per heavy atom. The lowest BCUT2D eigenvalue weighted by Gasteiger charge is -1.99. The summed E-state index contributed by atoms with van der Waals surface area (Å²) < 4.78 is 2.10. The quantitative estimate of drug-likeness (QED) is 0.759. The summed E-state index contributed by atoms with van der Waals surface area (Å²) in [6, 6.07) is 2.12. The Morgan fingerprint density at radius 1 is 1.38 bits per heavy atom. The first kappa shape index (κ1) is 9.26. The molecule has 0 aliphatic rings. The van der Waals surface area contributed by atoms with Crippen molar-refractivity contribution < 1.29 is 0 Å².